The third kappa shape index (κ3) is 5.22. The first-order chi connectivity index (χ1) is 6.51. The highest BCUT2D eigenvalue weighted by molar-refractivity contribution is 5.67. The molecule has 0 aromatic carbocycles. The van der Waals surface area contributed by atoms with Crippen LogP contribution in [-0.2, 0) is 4.79 Å². The lowest BCUT2D eigenvalue weighted by molar-refractivity contribution is -0.137. The van der Waals surface area contributed by atoms with E-state index in [0.29, 0.717) is 12.0 Å². The third-order valence-corrected chi connectivity index (χ3v) is 2.63. The number of aliphatic carboxylic acids is 1. The molecule has 0 aromatic heterocycles. The van der Waals surface area contributed by atoms with Crippen molar-refractivity contribution in [2.24, 2.45) is 5.92 Å². The van der Waals surface area contributed by atoms with Gasteiger partial charge in [-0.3, -0.25) is 4.79 Å². The van der Waals surface area contributed by atoms with E-state index in [4.69, 9.17) is 5.11 Å². The summed E-state index contributed by atoms with van der Waals surface area (Å²) in [6, 6.07) is 0.541. The van der Waals surface area contributed by atoms with E-state index in [0.717, 1.165) is 12.8 Å². The summed E-state index contributed by atoms with van der Waals surface area (Å²) >= 11 is 0. The maximum Gasteiger partial charge on any atom is 0.304 e. The summed E-state index contributed by atoms with van der Waals surface area (Å²) in [5.74, 6) is -0.353. The third-order valence-electron chi connectivity index (χ3n) is 2.63. The molecule has 0 aliphatic carbocycles. The summed E-state index contributed by atoms with van der Waals surface area (Å²) < 4.78 is 0. The van der Waals surface area contributed by atoms with Crippen molar-refractivity contribution in [1.82, 2.24) is 5.32 Å². The standard InChI is InChI=1S/C11H23NO2/c1-5-9(6-2)12-10(8(3)4)7-11(13)14/h8-10,12H,5-7H2,1-4H3,(H,13,14). The zero-order valence-electron chi connectivity index (χ0n) is 9.71. The van der Waals surface area contributed by atoms with Gasteiger partial charge in [0.25, 0.3) is 0 Å². The van der Waals surface area contributed by atoms with Crippen LogP contribution < -0.4 is 5.32 Å². The van der Waals surface area contributed by atoms with Gasteiger partial charge in [0.15, 0.2) is 0 Å². The van der Waals surface area contributed by atoms with Gasteiger partial charge in [0.2, 0.25) is 0 Å². The maximum absolute atomic E-state index is 10.6. The summed E-state index contributed by atoms with van der Waals surface area (Å²) in [7, 11) is 0. The molecule has 14 heavy (non-hydrogen) atoms. The van der Waals surface area contributed by atoms with E-state index in [1.165, 1.54) is 0 Å². The van der Waals surface area contributed by atoms with Crippen molar-refractivity contribution in [1.29, 1.82) is 0 Å². The fourth-order valence-corrected chi connectivity index (χ4v) is 1.50. The maximum atomic E-state index is 10.6. The number of carboxylic acid groups (broad SMARTS) is 1. The van der Waals surface area contributed by atoms with Crippen molar-refractivity contribution in [2.75, 3.05) is 0 Å². The molecule has 0 aliphatic heterocycles. The quantitative estimate of drug-likeness (QED) is 0.664. The molecule has 1 atom stereocenters. The van der Waals surface area contributed by atoms with Crippen LogP contribution in [0.15, 0.2) is 0 Å². The fourth-order valence-electron chi connectivity index (χ4n) is 1.50. The van der Waals surface area contributed by atoms with E-state index in [1.54, 1.807) is 0 Å². The highest BCUT2D eigenvalue weighted by Crippen LogP contribution is 2.09. The van der Waals surface area contributed by atoms with Gasteiger partial charge in [-0.15, -0.1) is 0 Å². The Kier molecular flexibility index (Phi) is 6.54. The monoisotopic (exact) mass is 201 g/mol. The van der Waals surface area contributed by atoms with Gasteiger partial charge in [0.05, 0.1) is 6.42 Å². The lowest BCUT2D eigenvalue weighted by atomic mass is 9.99. The van der Waals surface area contributed by atoms with Gasteiger partial charge < -0.3 is 10.4 Å². The Morgan fingerprint density at radius 2 is 1.79 bits per heavy atom. The first-order valence-electron chi connectivity index (χ1n) is 5.49. The van der Waals surface area contributed by atoms with Crippen LogP contribution in [0.4, 0.5) is 0 Å². The Morgan fingerprint density at radius 3 is 2.07 bits per heavy atom. The normalized spacial score (nSPS) is 13.6. The lowest BCUT2D eigenvalue weighted by Gasteiger charge is -2.26. The van der Waals surface area contributed by atoms with Gasteiger partial charge in [-0.1, -0.05) is 27.7 Å². The second kappa shape index (κ2) is 6.82. The topological polar surface area (TPSA) is 49.3 Å². The zero-order chi connectivity index (χ0) is 11.1. The second-order valence-corrected chi connectivity index (χ2v) is 4.13. The van der Waals surface area contributed by atoms with Crippen LogP contribution in [0.2, 0.25) is 0 Å². The number of nitrogens with one attached hydrogen (secondary N) is 1. The SMILES string of the molecule is CCC(CC)NC(CC(=O)O)C(C)C. The second-order valence-electron chi connectivity index (χ2n) is 4.13. The molecule has 84 valence electrons. The molecule has 0 aromatic rings. The molecule has 0 saturated heterocycles. The Morgan fingerprint density at radius 1 is 1.29 bits per heavy atom. The first-order valence-corrected chi connectivity index (χ1v) is 5.49. The molecular formula is C11H23NO2. The number of hydrogen-bond donors (Lipinski definition) is 2. The van der Waals surface area contributed by atoms with Gasteiger partial charge in [-0.05, 0) is 18.8 Å². The molecule has 0 saturated carbocycles. The van der Waals surface area contributed by atoms with Crippen LogP contribution in [0.1, 0.15) is 47.0 Å². The van der Waals surface area contributed by atoms with Crippen molar-refractivity contribution in [3.8, 4) is 0 Å². The molecule has 3 nitrogen and oxygen atoms in total. The average molecular weight is 201 g/mol. The van der Waals surface area contributed by atoms with Crippen LogP contribution in [0.3, 0.4) is 0 Å². The van der Waals surface area contributed by atoms with E-state index >= 15 is 0 Å². The van der Waals surface area contributed by atoms with E-state index in [-0.39, 0.29) is 12.5 Å². The van der Waals surface area contributed by atoms with E-state index in [1.807, 2.05) is 0 Å². The summed E-state index contributed by atoms with van der Waals surface area (Å²) in [5, 5.41) is 12.2. The van der Waals surface area contributed by atoms with E-state index in [2.05, 4.69) is 33.0 Å². The smallest absolute Gasteiger partial charge is 0.304 e. The highest BCUT2D eigenvalue weighted by Gasteiger charge is 2.19. The molecule has 2 N–H and O–H groups in total. The fraction of sp³-hybridized carbons (Fsp3) is 0.909. The number of rotatable bonds is 7. The highest BCUT2D eigenvalue weighted by atomic mass is 16.4. The summed E-state index contributed by atoms with van der Waals surface area (Å²) in [6.45, 7) is 8.37. The molecule has 0 bridgehead atoms. The number of carbonyl (C=O) groups is 1. The first kappa shape index (κ1) is 13.4. The predicted molar refractivity (Wildman–Crippen MR) is 58.4 cm³/mol. The molecule has 0 fully saturated rings. The largest absolute Gasteiger partial charge is 0.481 e. The number of carboxylic acids is 1. The predicted octanol–water partition coefficient (Wildman–Crippen LogP) is 2.26. The van der Waals surface area contributed by atoms with Gasteiger partial charge in [0.1, 0.15) is 0 Å². The van der Waals surface area contributed by atoms with Crippen molar-refractivity contribution < 1.29 is 9.90 Å². The number of hydrogen-bond acceptors (Lipinski definition) is 2. The van der Waals surface area contributed by atoms with Crippen LogP contribution >= 0.6 is 0 Å². The minimum Gasteiger partial charge on any atom is -0.481 e. The molecule has 3 heteroatoms. The van der Waals surface area contributed by atoms with Crippen LogP contribution in [0.25, 0.3) is 0 Å². The van der Waals surface area contributed by atoms with Gasteiger partial charge in [-0.25, -0.2) is 0 Å². The zero-order valence-corrected chi connectivity index (χ0v) is 9.71. The van der Waals surface area contributed by atoms with Gasteiger partial charge in [-0.2, -0.15) is 0 Å². The van der Waals surface area contributed by atoms with Crippen molar-refractivity contribution in [2.45, 2.75) is 59.0 Å². The minimum absolute atomic E-state index is 0.0948. The molecule has 0 spiro atoms. The van der Waals surface area contributed by atoms with Gasteiger partial charge in [0, 0.05) is 12.1 Å². The van der Waals surface area contributed by atoms with Crippen LogP contribution in [0.5, 0.6) is 0 Å². The van der Waals surface area contributed by atoms with E-state index < -0.39 is 5.97 Å². The van der Waals surface area contributed by atoms with Crippen LogP contribution in [0, 0.1) is 5.92 Å². The Bertz CT molecular complexity index is 165. The lowest BCUT2D eigenvalue weighted by Crippen LogP contribution is -2.42. The summed E-state index contributed by atoms with van der Waals surface area (Å²) in [4.78, 5) is 10.6. The summed E-state index contributed by atoms with van der Waals surface area (Å²) in [6.07, 6.45) is 2.33. The van der Waals surface area contributed by atoms with Crippen molar-refractivity contribution >= 4 is 5.97 Å². The molecule has 0 amide bonds. The van der Waals surface area contributed by atoms with Crippen molar-refractivity contribution in [3.05, 3.63) is 0 Å². The van der Waals surface area contributed by atoms with Crippen molar-refractivity contribution in [3.63, 3.8) is 0 Å². The Labute approximate surface area is 86.9 Å². The molecule has 0 heterocycles. The van der Waals surface area contributed by atoms with Gasteiger partial charge >= 0.3 is 5.97 Å². The summed E-state index contributed by atoms with van der Waals surface area (Å²) in [5.41, 5.74) is 0. The molecule has 1 unspecified atom stereocenters. The average Bonchev–Trinajstić information content (AvgIpc) is 2.11. The minimum atomic E-state index is -0.720. The van der Waals surface area contributed by atoms with Crippen LogP contribution in [-0.4, -0.2) is 23.2 Å². The Balaban J connectivity index is 4.13. The molecule has 0 radical (unpaired) electrons. The van der Waals surface area contributed by atoms with E-state index in [9.17, 15) is 4.79 Å². The molecular weight excluding hydrogens is 178 g/mol. The molecule has 0 aliphatic rings. The Hall–Kier alpha value is -0.570. The molecule has 0 rings (SSSR count).